The average molecular weight is 290 g/mol. The van der Waals surface area contributed by atoms with Crippen LogP contribution < -0.4 is 5.32 Å². The average Bonchev–Trinajstić information content (AvgIpc) is 2.27. The van der Waals surface area contributed by atoms with Crippen molar-refractivity contribution in [2.24, 2.45) is 0 Å². The van der Waals surface area contributed by atoms with Gasteiger partial charge in [0.2, 0.25) is 0 Å². The van der Waals surface area contributed by atoms with Crippen molar-refractivity contribution in [1.82, 2.24) is 10.2 Å². The molecular weight excluding hydrogens is 268 g/mol. The van der Waals surface area contributed by atoms with Crippen LogP contribution in [0.15, 0.2) is 0 Å². The molecule has 0 spiro atoms. The molecule has 2 aliphatic rings. The van der Waals surface area contributed by atoms with E-state index in [1.165, 1.54) is 0 Å². The molecule has 7 heteroatoms. The smallest absolute Gasteiger partial charge is 0.317 e. The first-order valence-corrected chi connectivity index (χ1v) is 8.49. The minimum Gasteiger partial charge on any atom is -0.375 e. The van der Waals surface area contributed by atoms with Crippen LogP contribution in [0.5, 0.6) is 0 Å². The summed E-state index contributed by atoms with van der Waals surface area (Å²) in [5.74, 6) is 0.138. The quantitative estimate of drug-likeness (QED) is 0.758. The van der Waals surface area contributed by atoms with Gasteiger partial charge in [0.25, 0.3) is 0 Å². The number of sulfone groups is 1. The third kappa shape index (κ3) is 4.07. The molecule has 0 radical (unpaired) electrons. The Bertz CT molecular complexity index is 433. The van der Waals surface area contributed by atoms with Crippen molar-refractivity contribution in [2.75, 3.05) is 31.2 Å². The van der Waals surface area contributed by atoms with E-state index in [2.05, 4.69) is 5.32 Å². The molecule has 2 amide bonds. The van der Waals surface area contributed by atoms with Crippen LogP contribution >= 0.6 is 0 Å². The fraction of sp³-hybridized carbons (Fsp3) is 0.917. The third-order valence-electron chi connectivity index (χ3n) is 3.66. The number of nitrogens with zero attached hydrogens (tertiary/aromatic N) is 1. The number of carbonyl (C=O) groups is 1. The summed E-state index contributed by atoms with van der Waals surface area (Å²) in [6, 6.07) is -0.0487. The molecule has 2 heterocycles. The normalized spacial score (nSPS) is 29.8. The Morgan fingerprint density at radius 1 is 1.32 bits per heavy atom. The van der Waals surface area contributed by atoms with Gasteiger partial charge in [0.05, 0.1) is 17.1 Å². The molecule has 0 aliphatic carbocycles. The van der Waals surface area contributed by atoms with Crippen LogP contribution in [0.4, 0.5) is 4.79 Å². The molecule has 1 unspecified atom stereocenters. The van der Waals surface area contributed by atoms with Crippen molar-refractivity contribution in [3.63, 3.8) is 0 Å². The maximum Gasteiger partial charge on any atom is 0.317 e. The minimum absolute atomic E-state index is 0.0691. The van der Waals surface area contributed by atoms with Crippen molar-refractivity contribution < 1.29 is 17.9 Å². The number of hydrogen-bond acceptors (Lipinski definition) is 4. The predicted molar refractivity (Wildman–Crippen MR) is 71.8 cm³/mol. The van der Waals surface area contributed by atoms with Crippen LogP contribution in [0.2, 0.25) is 0 Å². The third-order valence-corrected chi connectivity index (χ3v) is 5.27. The Morgan fingerprint density at radius 2 is 1.95 bits per heavy atom. The van der Waals surface area contributed by atoms with Gasteiger partial charge < -0.3 is 15.0 Å². The Hall–Kier alpha value is -0.820. The van der Waals surface area contributed by atoms with Gasteiger partial charge in [-0.25, -0.2) is 13.2 Å². The first-order valence-electron chi connectivity index (χ1n) is 6.67. The van der Waals surface area contributed by atoms with Gasteiger partial charge in [-0.2, -0.15) is 0 Å². The highest BCUT2D eigenvalue weighted by molar-refractivity contribution is 7.91. The number of ether oxygens (including phenoxy) is 1. The standard InChI is InChI=1S/C12H22N2O4S/c1-12(2)9-10(3-6-18-12)13-11(15)14-4-7-19(16,17)8-5-14/h10H,3-9H2,1-2H3,(H,13,15). The van der Waals surface area contributed by atoms with E-state index in [1.807, 2.05) is 13.8 Å². The first kappa shape index (κ1) is 14.6. The zero-order valence-corrected chi connectivity index (χ0v) is 12.3. The molecule has 0 aromatic carbocycles. The maximum atomic E-state index is 12.1. The molecule has 6 nitrogen and oxygen atoms in total. The largest absolute Gasteiger partial charge is 0.375 e. The second-order valence-electron chi connectivity index (χ2n) is 5.89. The molecule has 2 rings (SSSR count). The Balaban J connectivity index is 1.84. The lowest BCUT2D eigenvalue weighted by atomic mass is 9.94. The van der Waals surface area contributed by atoms with E-state index in [-0.39, 0.29) is 29.2 Å². The second kappa shape index (κ2) is 5.28. The predicted octanol–water partition coefficient (Wildman–Crippen LogP) is 0.384. The highest BCUT2D eigenvalue weighted by Gasteiger charge is 2.31. The molecule has 0 bridgehead atoms. The van der Waals surface area contributed by atoms with Crippen molar-refractivity contribution in [3.05, 3.63) is 0 Å². The zero-order chi connectivity index (χ0) is 14.1. The van der Waals surface area contributed by atoms with Gasteiger partial charge in [0.1, 0.15) is 0 Å². The SMILES string of the molecule is CC1(C)CC(NC(=O)N2CCS(=O)(=O)CC2)CCO1. The number of hydrogen-bond donors (Lipinski definition) is 1. The molecule has 1 N–H and O–H groups in total. The molecule has 2 saturated heterocycles. The monoisotopic (exact) mass is 290 g/mol. The Kier molecular flexibility index (Phi) is 4.06. The second-order valence-corrected chi connectivity index (χ2v) is 8.19. The molecule has 19 heavy (non-hydrogen) atoms. The lowest BCUT2D eigenvalue weighted by Gasteiger charge is -2.37. The van der Waals surface area contributed by atoms with Crippen molar-refractivity contribution in [2.45, 2.75) is 38.3 Å². The number of rotatable bonds is 1. The van der Waals surface area contributed by atoms with Crippen LogP contribution in [0.1, 0.15) is 26.7 Å². The molecule has 0 saturated carbocycles. The van der Waals surface area contributed by atoms with Gasteiger partial charge in [-0.1, -0.05) is 0 Å². The van der Waals surface area contributed by atoms with Gasteiger partial charge in [-0.05, 0) is 26.7 Å². The molecule has 2 aliphatic heterocycles. The number of nitrogens with one attached hydrogen (secondary N) is 1. The van der Waals surface area contributed by atoms with Gasteiger partial charge in [-0.3, -0.25) is 0 Å². The number of urea groups is 1. The Labute approximate surface area is 114 Å². The van der Waals surface area contributed by atoms with Gasteiger partial charge in [0, 0.05) is 25.7 Å². The van der Waals surface area contributed by atoms with E-state index in [0.29, 0.717) is 19.7 Å². The molecule has 0 aromatic rings. The van der Waals surface area contributed by atoms with E-state index in [4.69, 9.17) is 4.74 Å². The van der Waals surface area contributed by atoms with Crippen LogP contribution in [-0.2, 0) is 14.6 Å². The van der Waals surface area contributed by atoms with Crippen LogP contribution in [-0.4, -0.2) is 62.2 Å². The molecule has 0 aromatic heterocycles. The molecule has 110 valence electrons. The maximum absolute atomic E-state index is 12.1. The minimum atomic E-state index is -2.94. The van der Waals surface area contributed by atoms with Crippen LogP contribution in [0, 0.1) is 0 Å². The van der Waals surface area contributed by atoms with Gasteiger partial charge in [-0.15, -0.1) is 0 Å². The van der Waals surface area contributed by atoms with Crippen LogP contribution in [0.25, 0.3) is 0 Å². The number of carbonyl (C=O) groups excluding carboxylic acids is 1. The lowest BCUT2D eigenvalue weighted by molar-refractivity contribution is -0.0615. The molecular formula is C12H22N2O4S. The summed E-state index contributed by atoms with van der Waals surface area (Å²) >= 11 is 0. The summed E-state index contributed by atoms with van der Waals surface area (Å²) in [7, 11) is -2.94. The Morgan fingerprint density at radius 3 is 2.53 bits per heavy atom. The lowest BCUT2D eigenvalue weighted by Crippen LogP contribution is -2.53. The summed E-state index contributed by atoms with van der Waals surface area (Å²) in [5, 5.41) is 2.98. The summed E-state index contributed by atoms with van der Waals surface area (Å²) in [6.45, 7) is 5.26. The fourth-order valence-electron chi connectivity index (χ4n) is 2.54. The van der Waals surface area contributed by atoms with E-state index in [0.717, 1.165) is 12.8 Å². The highest BCUT2D eigenvalue weighted by Crippen LogP contribution is 2.24. The van der Waals surface area contributed by atoms with Crippen LogP contribution in [0.3, 0.4) is 0 Å². The summed E-state index contributed by atoms with van der Waals surface area (Å²) in [5.41, 5.74) is -0.207. The topological polar surface area (TPSA) is 75.7 Å². The highest BCUT2D eigenvalue weighted by atomic mass is 32.2. The van der Waals surface area contributed by atoms with Gasteiger partial charge >= 0.3 is 6.03 Å². The first-order chi connectivity index (χ1) is 8.77. The molecule has 2 fully saturated rings. The van der Waals surface area contributed by atoms with Gasteiger partial charge in [0.15, 0.2) is 9.84 Å². The van der Waals surface area contributed by atoms with Crippen molar-refractivity contribution in [3.8, 4) is 0 Å². The van der Waals surface area contributed by atoms with Crippen molar-refractivity contribution in [1.29, 1.82) is 0 Å². The summed E-state index contributed by atoms with van der Waals surface area (Å²) in [4.78, 5) is 13.7. The fourth-order valence-corrected chi connectivity index (χ4v) is 3.74. The van der Waals surface area contributed by atoms with Crippen molar-refractivity contribution >= 4 is 15.9 Å². The van der Waals surface area contributed by atoms with E-state index >= 15 is 0 Å². The molecule has 1 atom stereocenters. The summed E-state index contributed by atoms with van der Waals surface area (Å²) < 4.78 is 28.2. The summed E-state index contributed by atoms with van der Waals surface area (Å²) in [6.07, 6.45) is 1.59. The van der Waals surface area contributed by atoms with E-state index in [9.17, 15) is 13.2 Å². The number of amides is 2. The van der Waals surface area contributed by atoms with E-state index in [1.54, 1.807) is 4.90 Å². The zero-order valence-electron chi connectivity index (χ0n) is 11.5. The van der Waals surface area contributed by atoms with E-state index < -0.39 is 9.84 Å².